The van der Waals surface area contributed by atoms with Crippen LogP contribution in [-0.4, -0.2) is 53.5 Å². The van der Waals surface area contributed by atoms with Crippen LogP contribution in [0.2, 0.25) is 0 Å². The number of thioether (sulfide) groups is 1. The lowest BCUT2D eigenvalue weighted by Gasteiger charge is -2.16. The van der Waals surface area contributed by atoms with Gasteiger partial charge in [0, 0.05) is 36.2 Å². The van der Waals surface area contributed by atoms with Gasteiger partial charge < -0.3 is 4.90 Å². The third-order valence-electron chi connectivity index (χ3n) is 7.21. The van der Waals surface area contributed by atoms with Gasteiger partial charge in [0.25, 0.3) is 30.8 Å². The van der Waals surface area contributed by atoms with Crippen molar-refractivity contribution in [3.8, 4) is 11.3 Å². The van der Waals surface area contributed by atoms with Gasteiger partial charge in [-0.25, -0.2) is 0 Å². The molecule has 2 aromatic heterocycles. The highest BCUT2D eigenvalue weighted by Gasteiger charge is 2.23. The Morgan fingerprint density at radius 3 is 2.15 bits per heavy atom. The Kier molecular flexibility index (Phi) is 11.4. The van der Waals surface area contributed by atoms with Gasteiger partial charge in [0.15, 0.2) is 6.54 Å². The maximum Gasteiger partial charge on any atom is 0.269 e. The van der Waals surface area contributed by atoms with Crippen LogP contribution in [0.15, 0.2) is 88.1 Å². The summed E-state index contributed by atoms with van der Waals surface area (Å²) in [6.07, 6.45) is 7.97. The second-order valence-electron chi connectivity index (χ2n) is 10.6. The normalized spacial score (nSPS) is 15.6. The predicted octanol–water partition coefficient (Wildman–Crippen LogP) is 4.00. The molecule has 0 aliphatic carbocycles. The van der Waals surface area contributed by atoms with Crippen LogP contribution >= 0.6 is 34.4 Å². The minimum Gasteiger partial charge on any atom is -0.341 e. The molecular formula is C32H34N3O7S5+. The van der Waals surface area contributed by atoms with Gasteiger partial charge in [0.05, 0.1) is 32.5 Å². The van der Waals surface area contributed by atoms with Crippen LogP contribution in [0, 0.1) is 0 Å². The zero-order chi connectivity index (χ0) is 33.6. The summed E-state index contributed by atoms with van der Waals surface area (Å²) in [7, 11) is -8.19. The zero-order valence-corrected chi connectivity index (χ0v) is 29.5. The minimum atomic E-state index is -4.11. The Labute approximate surface area is 285 Å². The van der Waals surface area contributed by atoms with Gasteiger partial charge in [-0.2, -0.15) is 21.4 Å². The topological polar surface area (TPSA) is 138 Å². The fraction of sp³-hybridized carbons (Fsp3) is 0.250. The van der Waals surface area contributed by atoms with E-state index in [0.29, 0.717) is 24.2 Å². The second kappa shape index (κ2) is 15.3. The molecule has 0 fully saturated rings. The number of benzene rings is 2. The Morgan fingerprint density at radius 1 is 0.872 bits per heavy atom. The van der Waals surface area contributed by atoms with E-state index >= 15 is 0 Å². The number of rotatable bonds is 13. The van der Waals surface area contributed by atoms with Gasteiger partial charge in [-0.3, -0.25) is 18.5 Å². The summed E-state index contributed by atoms with van der Waals surface area (Å²) < 4.78 is 69.0. The van der Waals surface area contributed by atoms with Crippen molar-refractivity contribution in [2.45, 2.75) is 32.9 Å². The van der Waals surface area contributed by atoms with Crippen molar-refractivity contribution in [2.24, 2.45) is 0 Å². The average molecular weight is 733 g/mol. The Balaban J connectivity index is 1.51. The third-order valence-corrected chi connectivity index (χ3v) is 12.0. The standard InChI is InChI=1S/C32H33N3O7S5/c1-2-34-31(21-30-35(18-10-20-47(40,41)42)26(23-43-30)24-11-5-3-6-12-24)44-27(32(34)36)15-16-29-33(17-9-19-46(37,38)39)22-28(45-29)25-13-7-4-8-14-25/h3-8,11-16,21-23H,2,9-10,17-20H2,1H3,(H-,37,38,39,40,41,42)/p+1/b27-15+,29-16-. The molecule has 0 bridgehead atoms. The molecule has 2 N–H and O–H groups in total. The smallest absolute Gasteiger partial charge is 0.269 e. The first-order chi connectivity index (χ1) is 22.4. The second-order valence-corrected chi connectivity index (χ2v) is 16.7. The monoisotopic (exact) mass is 732 g/mol. The van der Waals surface area contributed by atoms with Gasteiger partial charge in [-0.15, -0.1) is 11.3 Å². The molecule has 0 amide bonds. The summed E-state index contributed by atoms with van der Waals surface area (Å²) >= 11 is 4.35. The van der Waals surface area contributed by atoms with E-state index in [-0.39, 0.29) is 29.9 Å². The van der Waals surface area contributed by atoms with Crippen molar-refractivity contribution in [3.05, 3.63) is 113 Å². The van der Waals surface area contributed by atoms with E-state index in [0.717, 1.165) is 36.4 Å². The molecule has 5 rings (SSSR count). The molecule has 0 spiro atoms. The lowest BCUT2D eigenvalue weighted by Crippen LogP contribution is -2.38. The van der Waals surface area contributed by atoms with Crippen molar-refractivity contribution in [1.82, 2.24) is 9.47 Å². The first kappa shape index (κ1) is 35.0. The summed E-state index contributed by atoms with van der Waals surface area (Å²) in [5.41, 5.74) is 2.74. The van der Waals surface area contributed by atoms with Crippen LogP contribution in [0.4, 0.5) is 0 Å². The molecule has 3 heterocycles. The Hall–Kier alpha value is -3.31. The van der Waals surface area contributed by atoms with E-state index in [1.54, 1.807) is 10.6 Å². The quantitative estimate of drug-likeness (QED) is 0.154. The largest absolute Gasteiger partial charge is 0.341 e. The summed E-state index contributed by atoms with van der Waals surface area (Å²) in [4.78, 5) is 16.4. The Morgan fingerprint density at radius 2 is 1.51 bits per heavy atom. The number of aromatic nitrogens is 2. The first-order valence-electron chi connectivity index (χ1n) is 14.7. The average Bonchev–Trinajstić information content (AvgIpc) is 3.71. The molecule has 10 nitrogen and oxygen atoms in total. The fourth-order valence-electron chi connectivity index (χ4n) is 5.01. The molecule has 0 radical (unpaired) electrons. The molecular weight excluding hydrogens is 699 g/mol. The zero-order valence-electron chi connectivity index (χ0n) is 25.4. The van der Waals surface area contributed by atoms with Crippen molar-refractivity contribution in [1.29, 1.82) is 0 Å². The van der Waals surface area contributed by atoms with Crippen molar-refractivity contribution in [3.63, 3.8) is 0 Å². The first-order valence-corrected chi connectivity index (χ1v) is 20.5. The summed E-state index contributed by atoms with van der Waals surface area (Å²) in [6.45, 7) is 3.07. The molecule has 1 aliphatic heterocycles. The molecule has 2 aromatic carbocycles. The predicted molar refractivity (Wildman–Crippen MR) is 190 cm³/mol. The lowest BCUT2D eigenvalue weighted by molar-refractivity contribution is -0.683. The van der Waals surface area contributed by atoms with Gasteiger partial charge in [0.1, 0.15) is 4.66 Å². The number of allylic oxidation sites excluding steroid dienone is 1. The number of thiazole rings is 2. The van der Waals surface area contributed by atoms with Crippen LogP contribution in [0.25, 0.3) is 28.3 Å². The van der Waals surface area contributed by atoms with Crippen LogP contribution in [0.5, 0.6) is 0 Å². The molecule has 248 valence electrons. The van der Waals surface area contributed by atoms with Gasteiger partial charge >= 0.3 is 0 Å². The maximum absolute atomic E-state index is 13.5. The van der Waals surface area contributed by atoms with Crippen molar-refractivity contribution >= 4 is 71.7 Å². The maximum atomic E-state index is 13.5. The van der Waals surface area contributed by atoms with Gasteiger partial charge in [0.2, 0.25) is 5.69 Å². The van der Waals surface area contributed by atoms with Crippen LogP contribution in [0.3, 0.4) is 0 Å². The SMILES string of the molecule is CCn1c(=O)/c(=C\C=C2/SC(c3ccccc3)=CN2CCCS(=O)(=O)O)s/c1=C\c1scc(-c2ccccc2)[n+]1CCCS(=O)(=O)O. The molecule has 1 aliphatic rings. The molecule has 15 heteroatoms. The molecule has 0 saturated heterocycles. The summed E-state index contributed by atoms with van der Waals surface area (Å²) in [5.74, 6) is -0.711. The van der Waals surface area contributed by atoms with E-state index in [1.807, 2.05) is 101 Å². The highest BCUT2D eigenvalue weighted by Crippen LogP contribution is 2.42. The van der Waals surface area contributed by atoms with E-state index < -0.39 is 20.2 Å². The highest BCUT2D eigenvalue weighted by atomic mass is 32.2. The van der Waals surface area contributed by atoms with E-state index in [4.69, 9.17) is 0 Å². The minimum absolute atomic E-state index is 0.143. The van der Waals surface area contributed by atoms with E-state index in [1.165, 1.54) is 34.4 Å². The van der Waals surface area contributed by atoms with Crippen LogP contribution < -0.4 is 19.3 Å². The van der Waals surface area contributed by atoms with Crippen LogP contribution in [-0.2, 0) is 33.3 Å². The molecule has 0 atom stereocenters. The van der Waals surface area contributed by atoms with Crippen LogP contribution in [0.1, 0.15) is 30.3 Å². The number of hydrogen-bond donors (Lipinski definition) is 2. The summed E-state index contributed by atoms with van der Waals surface area (Å²) in [5, 5.41) is 3.66. The van der Waals surface area contributed by atoms with Crippen molar-refractivity contribution < 1.29 is 30.5 Å². The van der Waals surface area contributed by atoms with Gasteiger partial charge in [-0.1, -0.05) is 71.6 Å². The van der Waals surface area contributed by atoms with E-state index in [2.05, 4.69) is 0 Å². The fourth-order valence-corrected chi connectivity index (χ4v) is 9.18. The Bertz CT molecular complexity index is 2190. The van der Waals surface area contributed by atoms with Crippen molar-refractivity contribution in [2.75, 3.05) is 18.1 Å². The third kappa shape index (κ3) is 9.41. The molecule has 0 unspecified atom stereocenters. The molecule has 0 saturated carbocycles. The molecule has 47 heavy (non-hydrogen) atoms. The lowest BCUT2D eigenvalue weighted by atomic mass is 10.2. The van der Waals surface area contributed by atoms with Gasteiger partial charge in [-0.05, 0) is 43.2 Å². The number of hydrogen-bond acceptors (Lipinski definition) is 9. The van der Waals surface area contributed by atoms with E-state index in [9.17, 15) is 30.7 Å². The number of nitrogens with zero attached hydrogens (tertiary/aromatic N) is 3. The molecule has 4 aromatic rings. The highest BCUT2D eigenvalue weighted by molar-refractivity contribution is 8.12. The summed E-state index contributed by atoms with van der Waals surface area (Å²) in [6, 6.07) is 19.5.